The molecule has 0 amide bonds. The molecule has 0 unspecified atom stereocenters. The van der Waals surface area contributed by atoms with Crippen LogP contribution in [0.4, 0.5) is 5.69 Å². The number of nitrogens with zero attached hydrogens (tertiary/aromatic N) is 1. The quantitative estimate of drug-likeness (QED) is 0.255. The van der Waals surface area contributed by atoms with E-state index in [-0.39, 0.29) is 17.5 Å². The number of benzene rings is 2. The number of carbonyl (C=O) groups excluding carboxylic acids is 1. The molecule has 0 saturated heterocycles. The van der Waals surface area contributed by atoms with E-state index in [9.17, 15) is 14.5 Å². The normalized spacial score (nSPS) is 10.8. The summed E-state index contributed by atoms with van der Waals surface area (Å²) < 4.78 is 5.77. The molecule has 1 aromatic carbocycles. The molecule has 136 valence electrons. The molecular formula is C22H19NO4. The highest BCUT2D eigenvalue weighted by molar-refractivity contribution is 6.00. The van der Waals surface area contributed by atoms with Crippen molar-refractivity contribution >= 4 is 28.5 Å². The molecule has 0 aromatic heterocycles. The van der Waals surface area contributed by atoms with Crippen molar-refractivity contribution < 1.29 is 9.21 Å². The van der Waals surface area contributed by atoms with Crippen LogP contribution in [0, 0.1) is 4.91 Å². The highest BCUT2D eigenvalue weighted by atomic mass is 16.3. The second-order valence-electron chi connectivity index (χ2n) is 5.56. The maximum Gasteiger partial charge on any atom is 0.182 e. The van der Waals surface area contributed by atoms with Crippen LogP contribution in [-0.4, -0.2) is 6.29 Å². The van der Waals surface area contributed by atoms with Crippen molar-refractivity contribution in [3.63, 3.8) is 0 Å². The van der Waals surface area contributed by atoms with Crippen LogP contribution in [0.1, 0.15) is 18.9 Å². The largest absolute Gasteiger partial charge is 0.456 e. The fourth-order valence-electron chi connectivity index (χ4n) is 2.72. The van der Waals surface area contributed by atoms with Gasteiger partial charge in [0.25, 0.3) is 0 Å². The van der Waals surface area contributed by atoms with Gasteiger partial charge in [-0.2, -0.15) is 0 Å². The number of hydrogen-bond donors (Lipinski definition) is 0. The summed E-state index contributed by atoms with van der Waals surface area (Å²) in [6.07, 6.45) is 6.22. The van der Waals surface area contributed by atoms with E-state index in [2.05, 4.69) is 18.3 Å². The Hall–Kier alpha value is -3.60. The van der Waals surface area contributed by atoms with E-state index in [0.717, 1.165) is 28.4 Å². The molecule has 0 fully saturated rings. The van der Waals surface area contributed by atoms with Gasteiger partial charge in [0.05, 0.1) is 0 Å². The lowest BCUT2D eigenvalue weighted by atomic mass is 9.92. The molecular weight excluding hydrogens is 342 g/mol. The van der Waals surface area contributed by atoms with Crippen LogP contribution in [-0.2, 0) is 4.79 Å². The van der Waals surface area contributed by atoms with Gasteiger partial charge in [-0.25, -0.2) is 0 Å². The highest BCUT2D eigenvalue weighted by Gasteiger charge is 2.18. The first-order valence-corrected chi connectivity index (χ1v) is 8.26. The number of hydrogen-bond acceptors (Lipinski definition) is 5. The van der Waals surface area contributed by atoms with Crippen molar-refractivity contribution in [2.75, 3.05) is 0 Å². The number of nitroso groups, excluding NO2 is 1. The molecule has 1 aliphatic heterocycles. The third-order valence-electron chi connectivity index (χ3n) is 3.92. The number of carbonyl (C=O) groups is 1. The lowest BCUT2D eigenvalue weighted by molar-refractivity contribution is -0.107. The van der Waals surface area contributed by atoms with E-state index < -0.39 is 0 Å². The van der Waals surface area contributed by atoms with E-state index in [4.69, 9.17) is 4.42 Å². The Morgan fingerprint density at radius 3 is 2.48 bits per heavy atom. The van der Waals surface area contributed by atoms with Crippen molar-refractivity contribution in [1.29, 1.82) is 0 Å². The third kappa shape index (κ3) is 4.33. The van der Waals surface area contributed by atoms with Crippen molar-refractivity contribution in [1.82, 2.24) is 0 Å². The topological polar surface area (TPSA) is 76.7 Å². The summed E-state index contributed by atoms with van der Waals surface area (Å²) in [5.74, 6) is 0.410. The number of allylic oxidation sites excluding steroid dienone is 4. The fourth-order valence-corrected chi connectivity index (χ4v) is 2.72. The molecule has 0 N–H and O–H groups in total. The molecule has 5 nitrogen and oxygen atoms in total. The molecule has 5 heteroatoms. The Morgan fingerprint density at radius 2 is 1.89 bits per heavy atom. The minimum Gasteiger partial charge on any atom is -0.456 e. The molecule has 1 heterocycles. The number of aldehydes is 1. The molecule has 0 saturated carbocycles. The van der Waals surface area contributed by atoms with Gasteiger partial charge >= 0.3 is 0 Å². The van der Waals surface area contributed by atoms with Crippen LogP contribution in [0.5, 0.6) is 0 Å². The van der Waals surface area contributed by atoms with Crippen LogP contribution in [0.3, 0.4) is 0 Å². The summed E-state index contributed by atoms with van der Waals surface area (Å²) >= 11 is 0. The van der Waals surface area contributed by atoms with Crippen LogP contribution < -0.4 is 5.43 Å². The SMILES string of the molecule is C/C=C(\CC=O)c1c2ccc(=O)cc-2oc2cc(N=O)ccc12.C=CC=C. The van der Waals surface area contributed by atoms with Crippen molar-refractivity contribution in [2.24, 2.45) is 5.18 Å². The monoisotopic (exact) mass is 361 g/mol. The smallest absolute Gasteiger partial charge is 0.182 e. The van der Waals surface area contributed by atoms with Crippen LogP contribution in [0.15, 0.2) is 82.2 Å². The third-order valence-corrected chi connectivity index (χ3v) is 3.92. The second-order valence-corrected chi connectivity index (χ2v) is 5.56. The first-order chi connectivity index (χ1) is 13.1. The number of fused-ring (bicyclic) bond motifs is 2. The lowest BCUT2D eigenvalue weighted by Gasteiger charge is -2.16. The predicted molar refractivity (Wildman–Crippen MR) is 109 cm³/mol. The minimum absolute atomic E-state index is 0.173. The van der Waals surface area contributed by atoms with Crippen LogP contribution in [0.25, 0.3) is 27.9 Å². The molecule has 27 heavy (non-hydrogen) atoms. The summed E-state index contributed by atoms with van der Waals surface area (Å²) in [6, 6.07) is 9.41. The average Bonchev–Trinajstić information content (AvgIpc) is 2.70. The van der Waals surface area contributed by atoms with E-state index in [1.165, 1.54) is 18.2 Å². The molecule has 0 spiro atoms. The molecule has 2 aliphatic rings. The van der Waals surface area contributed by atoms with E-state index >= 15 is 0 Å². The Balaban J connectivity index is 0.000000596. The van der Waals surface area contributed by atoms with Gasteiger partial charge in [0.1, 0.15) is 23.3 Å². The van der Waals surface area contributed by atoms with Gasteiger partial charge in [-0.1, -0.05) is 31.4 Å². The van der Waals surface area contributed by atoms with Gasteiger partial charge in [0.2, 0.25) is 0 Å². The van der Waals surface area contributed by atoms with Gasteiger partial charge in [0, 0.05) is 29.5 Å². The molecule has 0 bridgehead atoms. The Morgan fingerprint density at radius 1 is 1.15 bits per heavy atom. The molecule has 1 aliphatic carbocycles. The first kappa shape index (κ1) is 19.7. The van der Waals surface area contributed by atoms with Crippen molar-refractivity contribution in [3.8, 4) is 11.3 Å². The minimum atomic E-state index is -0.173. The molecule has 3 rings (SSSR count). The number of rotatable bonds is 5. The molecule has 0 radical (unpaired) electrons. The van der Waals surface area contributed by atoms with Gasteiger partial charge in [-0.05, 0) is 47.5 Å². The summed E-state index contributed by atoms with van der Waals surface area (Å²) in [5, 5.41) is 3.67. The van der Waals surface area contributed by atoms with Crippen LogP contribution in [0.2, 0.25) is 0 Å². The van der Waals surface area contributed by atoms with Gasteiger partial charge in [0.15, 0.2) is 5.43 Å². The standard InChI is InChI=1S/C18H13NO4.C4H6/c1-2-11(7-8-20)18-14-5-3-12(19-22)9-16(14)23-17-10-13(21)4-6-15(17)18;1-3-4-2/h2-6,8-10H,7H2,1H3;3-4H,1-2H2/b11-2+;. The van der Waals surface area contributed by atoms with Gasteiger partial charge in [-0.3, -0.25) is 4.79 Å². The average molecular weight is 361 g/mol. The fraction of sp³-hybridized carbons (Fsp3) is 0.0909. The lowest BCUT2D eigenvalue weighted by Crippen LogP contribution is -2.01. The van der Waals surface area contributed by atoms with Crippen molar-refractivity contribution in [3.05, 3.63) is 88.5 Å². The maximum atomic E-state index is 11.6. The summed E-state index contributed by atoms with van der Waals surface area (Å²) in [4.78, 5) is 33.4. The first-order valence-electron chi connectivity index (χ1n) is 8.26. The zero-order valence-corrected chi connectivity index (χ0v) is 15.0. The predicted octanol–water partition coefficient (Wildman–Crippen LogP) is 5.65. The van der Waals surface area contributed by atoms with E-state index in [1.54, 1.807) is 30.4 Å². The second kappa shape index (κ2) is 9.20. The zero-order chi connectivity index (χ0) is 19.8. The van der Waals surface area contributed by atoms with E-state index in [1.807, 2.05) is 13.0 Å². The van der Waals surface area contributed by atoms with E-state index in [0.29, 0.717) is 11.3 Å². The Labute approximate surface area is 156 Å². The molecule has 1 aromatic rings. The van der Waals surface area contributed by atoms with Gasteiger partial charge < -0.3 is 9.21 Å². The van der Waals surface area contributed by atoms with Gasteiger partial charge in [-0.15, -0.1) is 4.91 Å². The van der Waals surface area contributed by atoms with Crippen molar-refractivity contribution in [2.45, 2.75) is 13.3 Å². The summed E-state index contributed by atoms with van der Waals surface area (Å²) in [5.41, 5.74) is 2.92. The highest BCUT2D eigenvalue weighted by Crippen LogP contribution is 2.38. The summed E-state index contributed by atoms with van der Waals surface area (Å²) in [7, 11) is 0. The van der Waals surface area contributed by atoms with Crippen LogP contribution >= 0.6 is 0 Å². The maximum absolute atomic E-state index is 11.6. The summed E-state index contributed by atoms with van der Waals surface area (Å²) in [6.45, 7) is 8.57. The zero-order valence-electron chi connectivity index (χ0n) is 15.0. The Bertz CT molecular complexity index is 1050. The molecule has 0 atom stereocenters. The Kier molecular flexibility index (Phi) is 6.72.